The summed E-state index contributed by atoms with van der Waals surface area (Å²) in [5.74, 6) is -0.994. The summed E-state index contributed by atoms with van der Waals surface area (Å²) in [5.41, 5.74) is 4.58. The van der Waals surface area contributed by atoms with Crippen LogP contribution in [0, 0.1) is 23.7 Å². The van der Waals surface area contributed by atoms with E-state index in [2.05, 4.69) is 20.9 Å². The minimum Gasteiger partial charge on any atom is -0.491 e. The largest absolute Gasteiger partial charge is 0.491 e. The molecule has 1 aliphatic carbocycles. The van der Waals surface area contributed by atoms with Gasteiger partial charge in [0.15, 0.2) is 0 Å². The Hall–Kier alpha value is -5.61. The molecule has 4 amide bonds. The van der Waals surface area contributed by atoms with E-state index in [4.69, 9.17) is 31.1 Å². The number of aliphatic hydroxyl groups excluding tert-OH is 3. The molecule has 6 rings (SSSR count). The number of aliphatic hydroxyl groups is 3. The third kappa shape index (κ3) is 12.6. The average Bonchev–Trinajstić information content (AvgIpc) is 3.87. The molecule has 3 aromatic carbocycles. The van der Waals surface area contributed by atoms with Crippen LogP contribution in [0.2, 0.25) is 5.02 Å². The number of nitrogens with one attached hydrogen (secondary N) is 3. The van der Waals surface area contributed by atoms with Crippen LogP contribution < -0.4 is 25.4 Å². The molecule has 1 aliphatic heterocycles. The van der Waals surface area contributed by atoms with E-state index < -0.39 is 66.7 Å². The van der Waals surface area contributed by atoms with Crippen LogP contribution in [0.15, 0.2) is 72.2 Å². The lowest BCUT2D eigenvalue weighted by Crippen LogP contribution is -2.58. The molecule has 1 saturated carbocycles. The van der Waals surface area contributed by atoms with Crippen molar-refractivity contribution in [1.82, 2.24) is 25.8 Å². The number of carbonyl (C=O) groups excluding carboxylic acids is 4. The number of likely N-dealkylation sites (tertiary alicyclic amines) is 1. The number of thiazole rings is 1. The Bertz CT molecular complexity index is 2310. The monoisotopic (exact) mass is 916 g/mol. The average molecular weight is 917 g/mol. The summed E-state index contributed by atoms with van der Waals surface area (Å²) in [6.45, 7) is 6.09. The van der Waals surface area contributed by atoms with E-state index in [0.29, 0.717) is 40.5 Å². The number of ether oxygens (including phenoxy) is 3. The summed E-state index contributed by atoms with van der Waals surface area (Å²) in [6, 6.07) is 18.8. The topological polar surface area (TPSA) is 233 Å². The molecule has 0 spiro atoms. The van der Waals surface area contributed by atoms with Gasteiger partial charge in [-0.1, -0.05) is 56.6 Å². The molecular weight excluding hydrogens is 864 g/mol. The van der Waals surface area contributed by atoms with Crippen LogP contribution in [0.25, 0.3) is 10.4 Å². The van der Waals surface area contributed by atoms with Crippen LogP contribution in [-0.2, 0) is 25.7 Å². The third-order valence-corrected chi connectivity index (χ3v) is 12.3. The third-order valence-electron chi connectivity index (χ3n) is 11.0. The predicted octanol–water partition coefficient (Wildman–Crippen LogP) is 3.91. The fourth-order valence-corrected chi connectivity index (χ4v) is 8.29. The van der Waals surface area contributed by atoms with E-state index in [1.165, 1.54) is 4.90 Å². The maximum Gasteiger partial charge on any atom is 0.251 e. The minimum absolute atomic E-state index is 0.0419. The molecule has 2 aliphatic rings. The number of β-amino-alcohol motifs (C(OH)–C–C–N with tert-alkyl or cyclic N) is 1. The number of hydrogen-bond acceptors (Lipinski definition) is 13. The second-order valence-electron chi connectivity index (χ2n) is 17.1. The van der Waals surface area contributed by atoms with Gasteiger partial charge in [-0.05, 0) is 59.9 Å². The second-order valence-corrected chi connectivity index (χ2v) is 18.3. The van der Waals surface area contributed by atoms with Crippen LogP contribution in [0.1, 0.15) is 67.2 Å². The highest BCUT2D eigenvalue weighted by atomic mass is 35.5. The number of halogens is 1. The van der Waals surface area contributed by atoms with E-state index in [1.54, 1.807) is 80.1 Å². The van der Waals surface area contributed by atoms with Crippen molar-refractivity contribution in [2.75, 3.05) is 26.4 Å². The van der Waals surface area contributed by atoms with Gasteiger partial charge in [-0.3, -0.25) is 19.2 Å². The normalized spacial score (nSPS) is 19.6. The van der Waals surface area contributed by atoms with E-state index in [9.17, 15) is 34.5 Å². The first-order valence-corrected chi connectivity index (χ1v) is 22.1. The lowest BCUT2D eigenvalue weighted by molar-refractivity contribution is -0.145. The number of amides is 4. The van der Waals surface area contributed by atoms with Crippen molar-refractivity contribution >= 4 is 46.6 Å². The molecule has 5 atom stereocenters. The number of rotatable bonds is 18. The lowest BCUT2D eigenvalue weighted by atomic mass is 9.85. The Morgan fingerprint density at radius 1 is 0.984 bits per heavy atom. The van der Waals surface area contributed by atoms with Crippen molar-refractivity contribution in [3.05, 3.63) is 99.6 Å². The Labute approximate surface area is 380 Å². The van der Waals surface area contributed by atoms with Gasteiger partial charge in [0.1, 0.15) is 61.2 Å². The predicted molar refractivity (Wildman–Crippen MR) is 237 cm³/mol. The lowest BCUT2D eigenvalue weighted by Gasteiger charge is -2.35. The molecular formula is C46H53ClN6O10S. The SMILES string of the molecule is Cc1ncsc1-c1ccc(CNC(=O)[C@@H]2C[C@@H](O)CN2C(=O)[C@@H](NC(=O)COC[C@H](O)[C@@H](O)COc2ccc(C(=O)N[C@H]3C[C@H](Oc4ccc(C#N)c(Cl)c4)C3)cc2)C(C)(C)C)cc1. The first-order chi connectivity index (χ1) is 30.5. The van der Waals surface area contributed by atoms with Gasteiger partial charge < -0.3 is 50.4 Å². The first kappa shape index (κ1) is 47.9. The molecule has 2 fully saturated rings. The van der Waals surface area contributed by atoms with Crippen molar-refractivity contribution in [1.29, 1.82) is 5.26 Å². The van der Waals surface area contributed by atoms with Gasteiger partial charge in [0.05, 0.1) is 39.4 Å². The summed E-state index contributed by atoms with van der Waals surface area (Å²) in [6.07, 6.45) is -2.58. The van der Waals surface area contributed by atoms with Gasteiger partial charge in [0.2, 0.25) is 17.7 Å². The van der Waals surface area contributed by atoms with Gasteiger partial charge in [-0.25, -0.2) is 4.98 Å². The Kier molecular flexibility index (Phi) is 16.0. The summed E-state index contributed by atoms with van der Waals surface area (Å²) >= 11 is 7.63. The Balaban J connectivity index is 0.898. The molecule has 4 aromatic rings. The van der Waals surface area contributed by atoms with Crippen molar-refractivity contribution < 1.29 is 48.7 Å². The van der Waals surface area contributed by atoms with E-state index in [1.807, 2.05) is 37.3 Å². The highest BCUT2D eigenvalue weighted by molar-refractivity contribution is 7.13. The molecule has 6 N–H and O–H groups in total. The molecule has 64 heavy (non-hydrogen) atoms. The summed E-state index contributed by atoms with van der Waals surface area (Å²) in [5, 5.41) is 49.4. The summed E-state index contributed by atoms with van der Waals surface area (Å²) < 4.78 is 16.9. The van der Waals surface area contributed by atoms with Gasteiger partial charge in [0, 0.05) is 50.0 Å². The second kappa shape index (κ2) is 21.4. The quantitative estimate of drug-likeness (QED) is 0.0835. The molecule has 2 heterocycles. The number of hydrogen-bond donors (Lipinski definition) is 6. The fourth-order valence-electron chi connectivity index (χ4n) is 7.26. The smallest absolute Gasteiger partial charge is 0.251 e. The number of benzene rings is 3. The Morgan fingerprint density at radius 3 is 2.31 bits per heavy atom. The highest BCUT2D eigenvalue weighted by Crippen LogP contribution is 2.31. The standard InChI is InChI=1S/C46H53ClN6O10S/c1-26-41(64-25-50-26)28-7-5-27(6-8-28)20-49-44(59)37-17-32(54)21-53(37)45(60)42(46(2,3)4)52-40(57)24-61-22-38(55)39(56)23-62-33-12-9-29(10-13-33)43(58)51-31-15-35(16-31)63-34-14-11-30(19-48)36(47)18-34/h5-14,18,25,31-32,35,37-39,42,54-56H,15-17,20-24H2,1-4H3,(H,49,59)(H,51,58)(H,52,57)/t31-,32-,35-,37+,38+,39+,42-/m1/s1. The van der Waals surface area contributed by atoms with Crippen LogP contribution in [0.4, 0.5) is 0 Å². The van der Waals surface area contributed by atoms with E-state index >= 15 is 0 Å². The molecule has 18 heteroatoms. The van der Waals surface area contributed by atoms with Crippen LogP contribution in [0.5, 0.6) is 11.5 Å². The van der Waals surface area contributed by atoms with E-state index in [-0.39, 0.29) is 44.2 Å². The van der Waals surface area contributed by atoms with Crippen molar-refractivity contribution in [3.63, 3.8) is 0 Å². The van der Waals surface area contributed by atoms with Crippen molar-refractivity contribution in [3.8, 4) is 28.0 Å². The molecule has 1 saturated heterocycles. The number of aryl methyl sites for hydroxylation is 1. The number of aromatic nitrogens is 1. The minimum atomic E-state index is -1.42. The molecule has 0 unspecified atom stereocenters. The van der Waals surface area contributed by atoms with Gasteiger partial charge in [0.25, 0.3) is 5.91 Å². The van der Waals surface area contributed by atoms with Crippen LogP contribution >= 0.6 is 22.9 Å². The van der Waals surface area contributed by atoms with Gasteiger partial charge >= 0.3 is 0 Å². The summed E-state index contributed by atoms with van der Waals surface area (Å²) in [4.78, 5) is 59.9. The first-order valence-electron chi connectivity index (χ1n) is 20.9. The number of nitriles is 1. The zero-order valence-corrected chi connectivity index (χ0v) is 37.5. The fraction of sp³-hybridized carbons (Fsp3) is 0.435. The zero-order chi connectivity index (χ0) is 46.1. The highest BCUT2D eigenvalue weighted by Gasteiger charge is 2.44. The van der Waals surface area contributed by atoms with E-state index in [0.717, 1.165) is 21.7 Å². The van der Waals surface area contributed by atoms with Gasteiger partial charge in [-0.2, -0.15) is 5.26 Å². The van der Waals surface area contributed by atoms with Gasteiger partial charge in [-0.15, -0.1) is 11.3 Å². The molecule has 16 nitrogen and oxygen atoms in total. The van der Waals surface area contributed by atoms with Crippen LogP contribution in [-0.4, -0.2) is 118 Å². The summed E-state index contributed by atoms with van der Waals surface area (Å²) in [7, 11) is 0. The van der Waals surface area contributed by atoms with Crippen LogP contribution in [0.3, 0.4) is 0 Å². The zero-order valence-electron chi connectivity index (χ0n) is 36.0. The molecule has 340 valence electrons. The maximum absolute atomic E-state index is 13.9. The van der Waals surface area contributed by atoms with Crippen molar-refractivity contribution in [2.24, 2.45) is 5.41 Å². The molecule has 0 bridgehead atoms. The van der Waals surface area contributed by atoms with Crippen molar-refractivity contribution in [2.45, 2.75) is 96.0 Å². The Morgan fingerprint density at radius 2 is 1.67 bits per heavy atom. The molecule has 0 radical (unpaired) electrons. The number of carbonyl (C=O) groups is 4. The molecule has 1 aromatic heterocycles. The maximum atomic E-state index is 13.9. The number of nitrogens with zero attached hydrogens (tertiary/aromatic N) is 3.